The minimum absolute atomic E-state index is 0.154. The Morgan fingerprint density at radius 2 is 2.35 bits per heavy atom. The third-order valence-electron chi connectivity index (χ3n) is 3.52. The van der Waals surface area contributed by atoms with Crippen molar-refractivity contribution in [3.8, 4) is 0 Å². The summed E-state index contributed by atoms with van der Waals surface area (Å²) in [5.74, 6) is -0.550. The fraction of sp³-hybridized carbons (Fsp3) is 0.500. The summed E-state index contributed by atoms with van der Waals surface area (Å²) in [7, 11) is 0. The van der Waals surface area contributed by atoms with E-state index in [2.05, 4.69) is 21.2 Å². The first kappa shape index (κ1) is 15.4. The monoisotopic (exact) mass is 344 g/mol. The van der Waals surface area contributed by atoms with Gasteiger partial charge in [-0.2, -0.15) is 0 Å². The first-order chi connectivity index (χ1) is 9.45. The van der Waals surface area contributed by atoms with Gasteiger partial charge < -0.3 is 10.4 Å². The lowest BCUT2D eigenvalue weighted by atomic mass is 9.97. The quantitative estimate of drug-likeness (QED) is 0.883. The van der Waals surface area contributed by atoms with Crippen molar-refractivity contribution in [3.63, 3.8) is 0 Å². The van der Waals surface area contributed by atoms with Gasteiger partial charge in [0.2, 0.25) is 5.91 Å². The number of aliphatic hydroxyl groups is 1. The van der Waals surface area contributed by atoms with E-state index in [1.54, 1.807) is 6.07 Å². The van der Waals surface area contributed by atoms with Gasteiger partial charge in [0.1, 0.15) is 5.82 Å². The number of anilines is 1. The molecule has 1 aromatic carbocycles. The summed E-state index contributed by atoms with van der Waals surface area (Å²) in [6.45, 7) is 3.54. The zero-order valence-corrected chi connectivity index (χ0v) is 12.9. The molecule has 1 aliphatic heterocycles. The highest BCUT2D eigenvalue weighted by Crippen LogP contribution is 2.20. The Kier molecular flexibility index (Phi) is 5.12. The molecule has 2 atom stereocenters. The average molecular weight is 345 g/mol. The lowest BCUT2D eigenvalue weighted by molar-refractivity contribution is -0.118. The molecule has 0 radical (unpaired) electrons. The molecule has 1 amide bonds. The van der Waals surface area contributed by atoms with Crippen molar-refractivity contribution in [2.45, 2.75) is 19.4 Å². The van der Waals surface area contributed by atoms with Crippen molar-refractivity contribution in [2.24, 2.45) is 5.92 Å². The molecule has 2 N–H and O–H groups in total. The van der Waals surface area contributed by atoms with Crippen molar-refractivity contribution in [2.75, 3.05) is 25.0 Å². The minimum atomic E-state index is -0.463. The van der Waals surface area contributed by atoms with Crippen LogP contribution in [0.15, 0.2) is 22.7 Å². The lowest BCUT2D eigenvalue weighted by Gasteiger charge is -2.33. The fourth-order valence-electron chi connectivity index (χ4n) is 2.35. The topological polar surface area (TPSA) is 52.6 Å². The van der Waals surface area contributed by atoms with E-state index < -0.39 is 5.82 Å². The van der Waals surface area contributed by atoms with Crippen molar-refractivity contribution in [1.82, 2.24) is 4.90 Å². The summed E-state index contributed by atoms with van der Waals surface area (Å²) < 4.78 is 14.2. The first-order valence-electron chi connectivity index (χ1n) is 6.61. The Labute approximate surface area is 126 Å². The molecule has 1 heterocycles. The van der Waals surface area contributed by atoms with Gasteiger partial charge >= 0.3 is 0 Å². The second-order valence-corrected chi connectivity index (χ2v) is 6.16. The number of likely N-dealkylation sites (tertiary alicyclic amines) is 1. The van der Waals surface area contributed by atoms with E-state index in [0.717, 1.165) is 0 Å². The summed E-state index contributed by atoms with van der Waals surface area (Å²) >= 11 is 3.17. The predicted molar refractivity (Wildman–Crippen MR) is 79.0 cm³/mol. The van der Waals surface area contributed by atoms with E-state index in [9.17, 15) is 14.3 Å². The molecule has 1 saturated heterocycles. The van der Waals surface area contributed by atoms with Gasteiger partial charge in [-0.25, -0.2) is 4.39 Å². The van der Waals surface area contributed by atoms with Gasteiger partial charge in [0, 0.05) is 17.6 Å². The summed E-state index contributed by atoms with van der Waals surface area (Å²) in [5, 5.41) is 12.2. The number of rotatable bonds is 3. The molecule has 0 saturated carbocycles. The van der Waals surface area contributed by atoms with Gasteiger partial charge in [0.05, 0.1) is 18.3 Å². The number of aliphatic hydroxyl groups excluding tert-OH is 1. The molecule has 0 bridgehead atoms. The van der Waals surface area contributed by atoms with Gasteiger partial charge in [0.25, 0.3) is 0 Å². The first-order valence-corrected chi connectivity index (χ1v) is 7.40. The number of hydrogen-bond acceptors (Lipinski definition) is 3. The van der Waals surface area contributed by atoms with Crippen LogP contribution in [0, 0.1) is 11.7 Å². The third-order valence-corrected chi connectivity index (χ3v) is 4.01. The maximum atomic E-state index is 13.6. The summed E-state index contributed by atoms with van der Waals surface area (Å²) in [4.78, 5) is 13.9. The number of halogens is 2. The van der Waals surface area contributed by atoms with Crippen LogP contribution in [0.3, 0.4) is 0 Å². The van der Waals surface area contributed by atoms with Crippen LogP contribution in [0.25, 0.3) is 0 Å². The normalized spacial score (nSPS) is 23.6. The smallest absolute Gasteiger partial charge is 0.238 e. The number of piperidine rings is 1. The maximum absolute atomic E-state index is 13.6. The van der Waals surface area contributed by atoms with Crippen LogP contribution in [-0.4, -0.2) is 41.7 Å². The number of carbonyl (C=O) groups excluding carboxylic acids is 1. The highest BCUT2D eigenvalue weighted by Gasteiger charge is 2.25. The van der Waals surface area contributed by atoms with Crippen molar-refractivity contribution >= 4 is 27.5 Å². The molecule has 20 heavy (non-hydrogen) atoms. The van der Waals surface area contributed by atoms with Gasteiger partial charge in [-0.1, -0.05) is 22.9 Å². The molecular formula is C14H18BrFN2O2. The summed E-state index contributed by atoms with van der Waals surface area (Å²) in [6.07, 6.45) is 0.374. The molecule has 1 fully saturated rings. The number of carbonyl (C=O) groups is 1. The number of nitrogens with zero attached hydrogens (tertiary/aromatic N) is 1. The average Bonchev–Trinajstić information content (AvgIpc) is 2.37. The number of benzene rings is 1. The zero-order chi connectivity index (χ0) is 14.7. The second-order valence-electron chi connectivity index (χ2n) is 5.24. The fourth-order valence-corrected chi connectivity index (χ4v) is 2.68. The van der Waals surface area contributed by atoms with Crippen LogP contribution in [0.5, 0.6) is 0 Å². The highest BCUT2D eigenvalue weighted by molar-refractivity contribution is 9.10. The van der Waals surface area contributed by atoms with Crippen molar-refractivity contribution in [1.29, 1.82) is 0 Å². The zero-order valence-electron chi connectivity index (χ0n) is 11.3. The van der Waals surface area contributed by atoms with Gasteiger partial charge in [-0.15, -0.1) is 0 Å². The summed E-state index contributed by atoms with van der Waals surface area (Å²) in [5.41, 5.74) is 0.184. The predicted octanol–water partition coefficient (Wildman–Crippen LogP) is 2.23. The molecule has 1 aromatic rings. The Morgan fingerprint density at radius 3 is 3.00 bits per heavy atom. The summed E-state index contributed by atoms with van der Waals surface area (Å²) in [6, 6.07) is 4.52. The van der Waals surface area contributed by atoms with Crippen LogP contribution in [-0.2, 0) is 4.79 Å². The largest absolute Gasteiger partial charge is 0.393 e. The van der Waals surface area contributed by atoms with Crippen molar-refractivity contribution < 1.29 is 14.3 Å². The van der Waals surface area contributed by atoms with Crippen LogP contribution < -0.4 is 5.32 Å². The molecule has 0 spiro atoms. The third kappa shape index (κ3) is 4.01. The Hall–Kier alpha value is -0.980. The van der Waals surface area contributed by atoms with Crippen LogP contribution in [0.1, 0.15) is 13.3 Å². The lowest BCUT2D eigenvalue weighted by Crippen LogP contribution is -2.45. The Morgan fingerprint density at radius 1 is 1.60 bits per heavy atom. The highest BCUT2D eigenvalue weighted by atomic mass is 79.9. The standard InChI is InChI=1S/C14H18BrFN2O2/c1-9-7-18(5-4-13(9)19)8-14(20)17-12-3-2-10(15)6-11(12)16/h2-3,6,9,13,19H,4-5,7-8H2,1H3,(H,17,20). The maximum Gasteiger partial charge on any atom is 0.238 e. The molecule has 1 aliphatic rings. The van der Waals surface area contributed by atoms with Crippen LogP contribution in [0.2, 0.25) is 0 Å². The molecule has 2 unspecified atom stereocenters. The minimum Gasteiger partial charge on any atom is -0.393 e. The molecule has 0 aromatic heterocycles. The van der Waals surface area contributed by atoms with E-state index in [1.807, 2.05) is 11.8 Å². The molecule has 110 valence electrons. The molecule has 0 aliphatic carbocycles. The van der Waals surface area contributed by atoms with E-state index in [1.165, 1.54) is 12.1 Å². The van der Waals surface area contributed by atoms with Crippen molar-refractivity contribution in [3.05, 3.63) is 28.5 Å². The van der Waals surface area contributed by atoms with E-state index >= 15 is 0 Å². The van der Waals surface area contributed by atoms with Gasteiger partial charge in [-0.3, -0.25) is 9.69 Å². The molecule has 2 rings (SSSR count). The number of nitrogens with one attached hydrogen (secondary N) is 1. The molecule has 6 heteroatoms. The molecule has 4 nitrogen and oxygen atoms in total. The number of hydrogen-bond donors (Lipinski definition) is 2. The SMILES string of the molecule is CC1CN(CC(=O)Nc2ccc(Br)cc2F)CCC1O. The van der Waals surface area contributed by atoms with E-state index in [-0.39, 0.29) is 30.2 Å². The Balaban J connectivity index is 1.89. The van der Waals surface area contributed by atoms with Crippen LogP contribution in [0.4, 0.5) is 10.1 Å². The van der Waals surface area contributed by atoms with Gasteiger partial charge in [0.15, 0.2) is 0 Å². The Bertz CT molecular complexity index is 498. The van der Waals surface area contributed by atoms with Crippen LogP contribution >= 0.6 is 15.9 Å². The second kappa shape index (κ2) is 6.65. The van der Waals surface area contributed by atoms with E-state index in [4.69, 9.17) is 0 Å². The van der Waals surface area contributed by atoms with Gasteiger partial charge in [-0.05, 0) is 30.5 Å². The molecular weight excluding hydrogens is 327 g/mol. The van der Waals surface area contributed by atoms with E-state index in [0.29, 0.717) is 24.0 Å². The number of amides is 1.